The number of nitrogens with zero attached hydrogens (tertiary/aromatic N) is 1. The molecule has 110 valence electrons. The number of carbonyl (C=O) groups excluding carboxylic acids is 1. The van der Waals surface area contributed by atoms with Gasteiger partial charge in [-0.15, -0.1) is 0 Å². The van der Waals surface area contributed by atoms with Gasteiger partial charge >= 0.3 is 6.03 Å². The van der Waals surface area contributed by atoms with Gasteiger partial charge in [-0.2, -0.15) is 0 Å². The van der Waals surface area contributed by atoms with E-state index in [-0.39, 0.29) is 6.03 Å². The van der Waals surface area contributed by atoms with Gasteiger partial charge in [0.25, 0.3) is 0 Å². The summed E-state index contributed by atoms with van der Waals surface area (Å²) in [6, 6.07) is 0.519. The molecule has 0 atom stereocenters. The van der Waals surface area contributed by atoms with Crippen LogP contribution in [-0.2, 0) is 4.74 Å². The highest BCUT2D eigenvalue weighted by atomic mass is 16.5. The van der Waals surface area contributed by atoms with Gasteiger partial charge in [0.2, 0.25) is 0 Å². The second-order valence-electron chi connectivity index (χ2n) is 6.05. The van der Waals surface area contributed by atoms with Gasteiger partial charge in [-0.1, -0.05) is 19.3 Å². The van der Waals surface area contributed by atoms with Crippen molar-refractivity contribution in [2.75, 3.05) is 26.8 Å². The summed E-state index contributed by atoms with van der Waals surface area (Å²) in [4.78, 5) is 13.9. The first kappa shape index (κ1) is 14.6. The average Bonchev–Trinajstić information content (AvgIpc) is 2.47. The number of nitrogens with one attached hydrogen (secondary N) is 1. The third-order valence-corrected chi connectivity index (χ3v) is 4.49. The van der Waals surface area contributed by atoms with Crippen LogP contribution in [0, 0.1) is 5.92 Å². The summed E-state index contributed by atoms with van der Waals surface area (Å²) in [6.45, 7) is 2.65. The Morgan fingerprint density at radius 1 is 1.16 bits per heavy atom. The van der Waals surface area contributed by atoms with E-state index in [0.717, 1.165) is 57.8 Å². The summed E-state index contributed by atoms with van der Waals surface area (Å²) in [5.41, 5.74) is 0. The molecule has 19 heavy (non-hydrogen) atoms. The second kappa shape index (κ2) is 7.73. The number of rotatable bonds is 4. The number of hydrogen-bond donors (Lipinski definition) is 1. The molecule has 1 saturated heterocycles. The van der Waals surface area contributed by atoms with Crippen LogP contribution in [0.2, 0.25) is 0 Å². The third kappa shape index (κ3) is 5.01. The molecule has 1 aliphatic heterocycles. The van der Waals surface area contributed by atoms with Crippen LogP contribution in [0.25, 0.3) is 0 Å². The summed E-state index contributed by atoms with van der Waals surface area (Å²) >= 11 is 0. The van der Waals surface area contributed by atoms with Crippen LogP contribution in [0.15, 0.2) is 0 Å². The van der Waals surface area contributed by atoms with Crippen LogP contribution >= 0.6 is 0 Å². The lowest BCUT2D eigenvalue weighted by Gasteiger charge is -2.28. The minimum absolute atomic E-state index is 0.110. The first-order chi connectivity index (χ1) is 9.25. The van der Waals surface area contributed by atoms with E-state index in [4.69, 9.17) is 4.74 Å². The van der Waals surface area contributed by atoms with Crippen molar-refractivity contribution in [2.24, 2.45) is 5.92 Å². The van der Waals surface area contributed by atoms with Crippen molar-refractivity contribution in [3.05, 3.63) is 0 Å². The summed E-state index contributed by atoms with van der Waals surface area (Å²) < 4.78 is 5.36. The zero-order valence-corrected chi connectivity index (χ0v) is 12.2. The summed E-state index contributed by atoms with van der Waals surface area (Å²) in [5.74, 6) is 0.735. The van der Waals surface area contributed by atoms with E-state index in [1.54, 1.807) is 0 Å². The fourth-order valence-electron chi connectivity index (χ4n) is 3.04. The topological polar surface area (TPSA) is 41.6 Å². The number of urea groups is 1. The van der Waals surface area contributed by atoms with Gasteiger partial charge < -0.3 is 15.0 Å². The van der Waals surface area contributed by atoms with Crippen molar-refractivity contribution in [1.82, 2.24) is 10.2 Å². The van der Waals surface area contributed by atoms with Gasteiger partial charge in [-0.25, -0.2) is 4.79 Å². The molecule has 0 bridgehead atoms. The lowest BCUT2D eigenvalue weighted by molar-refractivity contribution is 0.0618. The molecule has 0 aromatic heterocycles. The maximum absolute atomic E-state index is 12.1. The molecular formula is C15H28N2O2. The van der Waals surface area contributed by atoms with E-state index in [1.807, 2.05) is 11.9 Å². The van der Waals surface area contributed by atoms with Crippen LogP contribution in [0.3, 0.4) is 0 Å². The molecule has 4 heteroatoms. The van der Waals surface area contributed by atoms with Crippen molar-refractivity contribution in [2.45, 2.75) is 57.4 Å². The SMILES string of the molecule is CN(CCC1CCOCC1)C(=O)NC1CCCCC1. The number of hydrogen-bond acceptors (Lipinski definition) is 2. The van der Waals surface area contributed by atoms with Crippen molar-refractivity contribution < 1.29 is 9.53 Å². The van der Waals surface area contributed by atoms with E-state index in [1.165, 1.54) is 19.3 Å². The minimum Gasteiger partial charge on any atom is -0.381 e. The molecule has 2 fully saturated rings. The molecule has 2 amide bonds. The Balaban J connectivity index is 1.63. The van der Waals surface area contributed by atoms with E-state index in [9.17, 15) is 4.79 Å². The van der Waals surface area contributed by atoms with Crippen LogP contribution in [0.5, 0.6) is 0 Å². The normalized spacial score (nSPS) is 22.2. The van der Waals surface area contributed by atoms with E-state index >= 15 is 0 Å². The predicted molar refractivity (Wildman–Crippen MR) is 76.2 cm³/mol. The molecule has 1 heterocycles. The fraction of sp³-hybridized carbons (Fsp3) is 0.933. The lowest BCUT2D eigenvalue weighted by atomic mass is 9.95. The highest BCUT2D eigenvalue weighted by Crippen LogP contribution is 2.19. The molecule has 1 aliphatic carbocycles. The van der Waals surface area contributed by atoms with Gasteiger partial charge in [-0.05, 0) is 38.0 Å². The molecule has 1 N–H and O–H groups in total. The summed E-state index contributed by atoms with van der Waals surface area (Å²) in [6.07, 6.45) is 9.56. The Morgan fingerprint density at radius 2 is 1.84 bits per heavy atom. The fourth-order valence-corrected chi connectivity index (χ4v) is 3.04. The number of amides is 2. The monoisotopic (exact) mass is 268 g/mol. The molecule has 0 aromatic rings. The highest BCUT2D eigenvalue weighted by Gasteiger charge is 2.19. The van der Waals surface area contributed by atoms with Crippen LogP contribution < -0.4 is 5.32 Å². The predicted octanol–water partition coefficient (Wildman–Crippen LogP) is 2.78. The maximum atomic E-state index is 12.1. The average molecular weight is 268 g/mol. The highest BCUT2D eigenvalue weighted by molar-refractivity contribution is 5.74. The molecule has 0 unspecified atom stereocenters. The van der Waals surface area contributed by atoms with Crippen molar-refractivity contribution in [3.63, 3.8) is 0 Å². The largest absolute Gasteiger partial charge is 0.381 e. The Labute approximate surface area is 116 Å². The maximum Gasteiger partial charge on any atom is 0.317 e. The minimum atomic E-state index is 0.110. The second-order valence-corrected chi connectivity index (χ2v) is 6.05. The van der Waals surface area contributed by atoms with E-state index in [2.05, 4.69) is 5.32 Å². The van der Waals surface area contributed by atoms with Gasteiger partial charge in [0.05, 0.1) is 0 Å². The zero-order valence-electron chi connectivity index (χ0n) is 12.2. The first-order valence-corrected chi connectivity index (χ1v) is 7.85. The van der Waals surface area contributed by atoms with Crippen molar-refractivity contribution in [1.29, 1.82) is 0 Å². The smallest absolute Gasteiger partial charge is 0.317 e. The Kier molecular flexibility index (Phi) is 5.95. The van der Waals surface area contributed by atoms with Gasteiger partial charge in [0, 0.05) is 32.8 Å². The number of ether oxygens (including phenoxy) is 1. The first-order valence-electron chi connectivity index (χ1n) is 7.85. The van der Waals surface area contributed by atoms with Gasteiger partial charge in [0.15, 0.2) is 0 Å². The van der Waals surface area contributed by atoms with E-state index < -0.39 is 0 Å². The Hall–Kier alpha value is -0.770. The molecule has 1 saturated carbocycles. The summed E-state index contributed by atoms with van der Waals surface area (Å²) in [7, 11) is 1.91. The van der Waals surface area contributed by atoms with Crippen molar-refractivity contribution >= 4 is 6.03 Å². The molecule has 4 nitrogen and oxygen atoms in total. The van der Waals surface area contributed by atoms with Crippen LogP contribution in [0.4, 0.5) is 4.79 Å². The Bertz CT molecular complexity index is 271. The molecule has 0 radical (unpaired) electrons. The Morgan fingerprint density at radius 3 is 2.53 bits per heavy atom. The quantitative estimate of drug-likeness (QED) is 0.852. The lowest BCUT2D eigenvalue weighted by Crippen LogP contribution is -2.44. The van der Waals surface area contributed by atoms with Gasteiger partial charge in [0.1, 0.15) is 0 Å². The van der Waals surface area contributed by atoms with Crippen LogP contribution in [0.1, 0.15) is 51.4 Å². The molecule has 0 spiro atoms. The van der Waals surface area contributed by atoms with Crippen LogP contribution in [-0.4, -0.2) is 43.8 Å². The molecule has 2 rings (SSSR count). The number of carbonyl (C=O) groups is 1. The molecular weight excluding hydrogens is 240 g/mol. The standard InChI is InChI=1S/C15H28N2O2/c1-17(10-7-13-8-11-19-12-9-13)15(18)16-14-5-3-2-4-6-14/h13-14H,2-12H2,1H3,(H,16,18). The molecule has 0 aromatic carbocycles. The van der Waals surface area contributed by atoms with Gasteiger partial charge in [-0.3, -0.25) is 0 Å². The van der Waals surface area contributed by atoms with E-state index in [0.29, 0.717) is 6.04 Å². The van der Waals surface area contributed by atoms with Crippen molar-refractivity contribution in [3.8, 4) is 0 Å². The summed E-state index contributed by atoms with van der Waals surface area (Å²) in [5, 5.41) is 3.17. The zero-order chi connectivity index (χ0) is 13.5. The molecule has 2 aliphatic rings. The third-order valence-electron chi connectivity index (χ3n) is 4.49.